The third-order valence-corrected chi connectivity index (χ3v) is 3.15. The summed E-state index contributed by atoms with van der Waals surface area (Å²) >= 11 is 0. The van der Waals surface area contributed by atoms with E-state index in [-0.39, 0.29) is 11.1 Å². The normalized spacial score (nSPS) is 18.1. The highest BCUT2D eigenvalue weighted by atomic mass is 16.3. The van der Waals surface area contributed by atoms with E-state index in [1.807, 2.05) is 0 Å². The first-order valence-electron chi connectivity index (χ1n) is 5.64. The summed E-state index contributed by atoms with van der Waals surface area (Å²) in [6, 6.07) is 5.91. The van der Waals surface area contributed by atoms with Crippen molar-refractivity contribution < 1.29 is 24.6 Å². The fourth-order valence-electron chi connectivity index (χ4n) is 2.37. The molecule has 0 saturated carbocycles. The second kappa shape index (κ2) is 4.13. The number of fused-ring (bicyclic) bond motifs is 1. The minimum absolute atomic E-state index is 0.0509. The van der Waals surface area contributed by atoms with Crippen molar-refractivity contribution in [3.05, 3.63) is 46.7 Å². The van der Waals surface area contributed by atoms with Gasteiger partial charge in [0.05, 0.1) is 11.3 Å². The second-order valence-electron chi connectivity index (χ2n) is 4.43. The Morgan fingerprint density at radius 1 is 1.05 bits per heavy atom. The Morgan fingerprint density at radius 2 is 1.47 bits per heavy atom. The number of carbonyl (C=O) groups excluding carboxylic acids is 3. The van der Waals surface area contributed by atoms with E-state index in [0.29, 0.717) is 0 Å². The van der Waals surface area contributed by atoms with Crippen molar-refractivity contribution in [3.63, 3.8) is 0 Å². The van der Waals surface area contributed by atoms with Crippen molar-refractivity contribution in [2.75, 3.05) is 0 Å². The van der Waals surface area contributed by atoms with E-state index < -0.39 is 34.3 Å². The molecule has 0 bridgehead atoms. The third kappa shape index (κ3) is 1.62. The third-order valence-electron chi connectivity index (χ3n) is 3.15. The Bertz CT molecular complexity index is 600. The smallest absolute Gasteiger partial charge is 0.223 e. The molecule has 98 valence electrons. The Hall–Kier alpha value is -2.27. The topological polar surface area (TPSA) is 91.7 Å². The van der Waals surface area contributed by atoms with E-state index in [9.17, 15) is 24.6 Å². The van der Waals surface area contributed by atoms with Gasteiger partial charge < -0.3 is 10.2 Å². The van der Waals surface area contributed by atoms with E-state index in [1.165, 1.54) is 12.1 Å². The number of allylic oxidation sites excluding steroid dienone is 1. The average Bonchev–Trinajstić information content (AvgIpc) is 2.52. The summed E-state index contributed by atoms with van der Waals surface area (Å²) in [6.07, 6.45) is 0. The lowest BCUT2D eigenvalue weighted by Gasteiger charge is -2.21. The summed E-state index contributed by atoms with van der Waals surface area (Å²) in [5.74, 6) is -3.03. The molecule has 1 aliphatic rings. The molecule has 0 heterocycles. The molecule has 0 fully saturated rings. The van der Waals surface area contributed by atoms with Crippen LogP contribution in [0.1, 0.15) is 34.6 Å². The van der Waals surface area contributed by atoms with Gasteiger partial charge in [-0.05, 0) is 13.8 Å². The van der Waals surface area contributed by atoms with Crippen molar-refractivity contribution in [1.82, 2.24) is 0 Å². The first kappa shape index (κ1) is 13.2. The molecule has 0 radical (unpaired) electrons. The number of Topliss-reactive ketones (excluding diaryl/α,β-unsaturated/α-hetero) is 3. The zero-order valence-electron chi connectivity index (χ0n) is 10.4. The van der Waals surface area contributed by atoms with Gasteiger partial charge in [0.2, 0.25) is 17.2 Å². The maximum atomic E-state index is 12.2. The van der Waals surface area contributed by atoms with Crippen LogP contribution in [0.25, 0.3) is 0 Å². The molecule has 2 rings (SSSR count). The minimum Gasteiger partial charge on any atom is -0.512 e. The van der Waals surface area contributed by atoms with Crippen molar-refractivity contribution >= 4 is 17.3 Å². The number of hydrogen-bond donors (Lipinski definition) is 2. The van der Waals surface area contributed by atoms with Crippen molar-refractivity contribution in [2.45, 2.75) is 19.4 Å². The van der Waals surface area contributed by atoms with Crippen molar-refractivity contribution in [3.8, 4) is 0 Å². The van der Waals surface area contributed by atoms with Crippen LogP contribution in [0.15, 0.2) is 35.6 Å². The Balaban J connectivity index is 2.73. The summed E-state index contributed by atoms with van der Waals surface area (Å²) in [6.45, 7) is 2.23. The molecule has 5 heteroatoms. The van der Waals surface area contributed by atoms with Crippen LogP contribution >= 0.6 is 0 Å². The Labute approximate surface area is 109 Å². The predicted molar refractivity (Wildman–Crippen MR) is 66.1 cm³/mol. The first-order chi connectivity index (χ1) is 8.81. The summed E-state index contributed by atoms with van der Waals surface area (Å²) in [4.78, 5) is 36.0. The van der Waals surface area contributed by atoms with Crippen molar-refractivity contribution in [2.24, 2.45) is 0 Å². The molecule has 0 unspecified atom stereocenters. The van der Waals surface area contributed by atoms with Gasteiger partial charge >= 0.3 is 0 Å². The Morgan fingerprint density at radius 3 is 1.79 bits per heavy atom. The highest BCUT2D eigenvalue weighted by Gasteiger charge is 2.56. The SMILES string of the molecule is CC(=O)/C(=C(\C)O)C1(O)C(=O)c2ccccc2C1=O. The predicted octanol–water partition coefficient (Wildman–Crippen LogP) is 1.22. The van der Waals surface area contributed by atoms with Crippen LogP contribution in [0, 0.1) is 0 Å². The molecule has 1 aromatic carbocycles. The minimum atomic E-state index is -2.62. The quantitative estimate of drug-likeness (QED) is 0.474. The van der Waals surface area contributed by atoms with Gasteiger partial charge in [0.25, 0.3) is 0 Å². The lowest BCUT2D eigenvalue weighted by molar-refractivity contribution is -0.115. The van der Waals surface area contributed by atoms with Gasteiger partial charge in [-0.2, -0.15) is 0 Å². The molecule has 0 atom stereocenters. The van der Waals surface area contributed by atoms with Crippen LogP contribution in [-0.4, -0.2) is 33.2 Å². The van der Waals surface area contributed by atoms with E-state index in [2.05, 4.69) is 0 Å². The maximum Gasteiger partial charge on any atom is 0.223 e. The zero-order valence-corrected chi connectivity index (χ0v) is 10.4. The molecule has 5 nitrogen and oxygen atoms in total. The molecule has 0 amide bonds. The van der Waals surface area contributed by atoms with E-state index in [4.69, 9.17) is 0 Å². The highest BCUT2D eigenvalue weighted by Crippen LogP contribution is 2.36. The fourth-order valence-corrected chi connectivity index (χ4v) is 2.37. The molecule has 0 spiro atoms. The van der Waals surface area contributed by atoms with Gasteiger partial charge in [-0.15, -0.1) is 0 Å². The monoisotopic (exact) mass is 260 g/mol. The van der Waals surface area contributed by atoms with Gasteiger partial charge in [-0.1, -0.05) is 24.3 Å². The number of aliphatic hydroxyl groups is 2. The van der Waals surface area contributed by atoms with Crippen molar-refractivity contribution in [1.29, 1.82) is 0 Å². The Kier molecular flexibility index (Phi) is 2.87. The largest absolute Gasteiger partial charge is 0.512 e. The molecule has 1 aromatic rings. The molecular formula is C14H12O5. The lowest BCUT2D eigenvalue weighted by Crippen LogP contribution is -2.46. The highest BCUT2D eigenvalue weighted by molar-refractivity contribution is 6.36. The second-order valence-corrected chi connectivity index (χ2v) is 4.43. The molecule has 1 aliphatic carbocycles. The van der Waals surface area contributed by atoms with Crippen LogP contribution in [0.2, 0.25) is 0 Å². The van der Waals surface area contributed by atoms with E-state index >= 15 is 0 Å². The van der Waals surface area contributed by atoms with Crippen LogP contribution in [0.3, 0.4) is 0 Å². The number of rotatable bonds is 2. The van der Waals surface area contributed by atoms with E-state index in [0.717, 1.165) is 13.8 Å². The van der Waals surface area contributed by atoms with Gasteiger partial charge in [-0.3, -0.25) is 14.4 Å². The maximum absolute atomic E-state index is 12.2. The number of ketones is 3. The molecular weight excluding hydrogens is 248 g/mol. The lowest BCUT2D eigenvalue weighted by atomic mass is 9.85. The summed E-state index contributed by atoms with van der Waals surface area (Å²) < 4.78 is 0. The van der Waals surface area contributed by atoms with Gasteiger partial charge in [0.1, 0.15) is 0 Å². The summed E-state index contributed by atoms with van der Waals surface area (Å²) in [7, 11) is 0. The molecule has 0 aliphatic heterocycles. The van der Waals surface area contributed by atoms with Gasteiger partial charge in [0.15, 0.2) is 5.78 Å². The summed E-state index contributed by atoms with van der Waals surface area (Å²) in [5, 5.41) is 19.9. The zero-order chi connectivity index (χ0) is 14.4. The van der Waals surface area contributed by atoms with Crippen LogP contribution in [-0.2, 0) is 4.79 Å². The van der Waals surface area contributed by atoms with Crippen LogP contribution in [0.4, 0.5) is 0 Å². The molecule has 0 aromatic heterocycles. The standard InChI is InChI=1S/C14H12O5/c1-7(15)11(8(2)16)14(19)12(17)9-5-3-4-6-10(9)13(14)18/h3-6,15,19H,1-2H3/b11-7-. The van der Waals surface area contributed by atoms with Gasteiger partial charge in [-0.25, -0.2) is 0 Å². The number of benzene rings is 1. The average molecular weight is 260 g/mol. The molecule has 0 saturated heterocycles. The van der Waals surface area contributed by atoms with Crippen LogP contribution in [0.5, 0.6) is 0 Å². The number of hydrogen-bond acceptors (Lipinski definition) is 5. The number of aliphatic hydroxyl groups excluding tert-OH is 1. The first-order valence-corrected chi connectivity index (χ1v) is 5.64. The van der Waals surface area contributed by atoms with E-state index in [1.54, 1.807) is 12.1 Å². The van der Waals surface area contributed by atoms with Gasteiger partial charge in [0, 0.05) is 11.1 Å². The molecule has 19 heavy (non-hydrogen) atoms. The number of carbonyl (C=O) groups is 3. The fraction of sp³-hybridized carbons (Fsp3) is 0.214. The van der Waals surface area contributed by atoms with Crippen LogP contribution < -0.4 is 0 Å². The molecule has 2 N–H and O–H groups in total. The summed E-state index contributed by atoms with van der Waals surface area (Å²) in [5.41, 5.74) is -3.09.